The van der Waals surface area contributed by atoms with Gasteiger partial charge in [0.2, 0.25) is 0 Å². The summed E-state index contributed by atoms with van der Waals surface area (Å²) in [4.78, 5) is 26.6. The van der Waals surface area contributed by atoms with Gasteiger partial charge in [0, 0.05) is 23.4 Å². The fraction of sp³-hybridized carbons (Fsp3) is 0.167. The number of ether oxygens (including phenoxy) is 2. The second-order valence-electron chi connectivity index (χ2n) is 6.81. The normalized spacial score (nSPS) is 12.3. The van der Waals surface area contributed by atoms with Crippen molar-refractivity contribution >= 4 is 22.9 Å². The van der Waals surface area contributed by atoms with E-state index >= 15 is 0 Å². The van der Waals surface area contributed by atoms with E-state index in [0.717, 1.165) is 11.3 Å². The maximum Gasteiger partial charge on any atom is 0.198 e. The van der Waals surface area contributed by atoms with Crippen molar-refractivity contribution in [2.75, 3.05) is 18.7 Å². The first kappa shape index (κ1) is 18.9. The molecule has 1 aliphatic carbocycles. The highest BCUT2D eigenvalue weighted by molar-refractivity contribution is 6.31. The van der Waals surface area contributed by atoms with Crippen LogP contribution in [0.3, 0.4) is 0 Å². The molecular weight excluding hydrogens is 366 g/mol. The Bertz CT molecular complexity index is 1090. The van der Waals surface area contributed by atoms with Crippen LogP contribution in [-0.4, -0.2) is 25.0 Å². The van der Waals surface area contributed by atoms with Crippen LogP contribution in [0.5, 0.6) is 5.75 Å². The lowest BCUT2D eigenvalue weighted by atomic mass is 9.82. The minimum atomic E-state index is -0.228. The van der Waals surface area contributed by atoms with Crippen molar-refractivity contribution in [3.63, 3.8) is 0 Å². The molecule has 0 saturated carbocycles. The Morgan fingerprint density at radius 2 is 1.48 bits per heavy atom. The maximum absolute atomic E-state index is 13.3. The molecule has 1 N–H and O–H groups in total. The van der Waals surface area contributed by atoms with Crippen molar-refractivity contribution in [2.45, 2.75) is 13.8 Å². The number of fused-ring (bicyclic) bond motifs is 2. The average molecular weight is 387 g/mol. The fourth-order valence-electron chi connectivity index (χ4n) is 3.40. The van der Waals surface area contributed by atoms with E-state index < -0.39 is 0 Å². The summed E-state index contributed by atoms with van der Waals surface area (Å²) in [5.41, 5.74) is 3.92. The van der Waals surface area contributed by atoms with Gasteiger partial charge in [-0.1, -0.05) is 42.0 Å². The fourth-order valence-corrected chi connectivity index (χ4v) is 3.40. The Morgan fingerprint density at radius 3 is 2.14 bits per heavy atom. The molecular formula is C24H21NO4. The van der Waals surface area contributed by atoms with E-state index in [9.17, 15) is 9.59 Å². The van der Waals surface area contributed by atoms with Gasteiger partial charge in [-0.3, -0.25) is 9.59 Å². The minimum absolute atomic E-state index is 0.0107. The van der Waals surface area contributed by atoms with Crippen molar-refractivity contribution in [2.24, 2.45) is 0 Å². The molecule has 5 heteroatoms. The lowest BCUT2D eigenvalue weighted by Crippen LogP contribution is -2.23. The summed E-state index contributed by atoms with van der Waals surface area (Å²) >= 11 is 0. The molecule has 0 radical (unpaired) electrons. The summed E-state index contributed by atoms with van der Waals surface area (Å²) in [6.07, 6.45) is 0. The first-order chi connectivity index (χ1) is 14.1. The molecule has 0 unspecified atom stereocenters. The van der Waals surface area contributed by atoms with E-state index in [4.69, 9.17) is 9.47 Å². The van der Waals surface area contributed by atoms with Gasteiger partial charge in [-0.25, -0.2) is 0 Å². The molecule has 0 saturated heterocycles. The second-order valence-corrected chi connectivity index (χ2v) is 6.81. The molecule has 146 valence electrons. The zero-order valence-corrected chi connectivity index (χ0v) is 16.3. The number of ketones is 2. The third-order valence-electron chi connectivity index (χ3n) is 4.87. The zero-order chi connectivity index (χ0) is 20.4. The predicted octanol–water partition coefficient (Wildman–Crippen LogP) is 4.89. The van der Waals surface area contributed by atoms with Crippen LogP contribution in [-0.2, 0) is 4.74 Å². The number of carbonyl (C=O) groups excluding carboxylic acids is 2. The number of hydrogen-bond acceptors (Lipinski definition) is 5. The van der Waals surface area contributed by atoms with Crippen molar-refractivity contribution < 1.29 is 19.1 Å². The number of hydrogen-bond donors (Lipinski definition) is 1. The van der Waals surface area contributed by atoms with Crippen LogP contribution in [0.2, 0.25) is 0 Å². The van der Waals surface area contributed by atoms with Gasteiger partial charge in [-0.05, 0) is 38.1 Å². The first-order valence-corrected chi connectivity index (χ1v) is 9.49. The molecule has 0 spiro atoms. The summed E-state index contributed by atoms with van der Waals surface area (Å²) in [6.45, 7) is 4.37. The van der Waals surface area contributed by atoms with Gasteiger partial charge in [-0.2, -0.15) is 0 Å². The molecule has 5 nitrogen and oxygen atoms in total. The molecule has 3 aromatic rings. The summed E-state index contributed by atoms with van der Waals surface area (Å²) in [5, 5.41) is 3.28. The molecule has 3 aromatic carbocycles. The second kappa shape index (κ2) is 7.89. The number of nitrogens with one attached hydrogen (secondary N) is 1. The van der Waals surface area contributed by atoms with Gasteiger partial charge in [0.1, 0.15) is 5.75 Å². The van der Waals surface area contributed by atoms with Gasteiger partial charge >= 0.3 is 0 Å². The molecule has 29 heavy (non-hydrogen) atoms. The lowest BCUT2D eigenvalue weighted by molar-refractivity contribution is 0.0219. The Hall–Kier alpha value is -3.44. The average Bonchev–Trinajstić information content (AvgIpc) is 2.74. The zero-order valence-electron chi connectivity index (χ0n) is 16.3. The Kier molecular flexibility index (Phi) is 5.14. The van der Waals surface area contributed by atoms with Crippen LogP contribution in [0.1, 0.15) is 44.3 Å². The molecule has 0 fully saturated rings. The first-order valence-electron chi connectivity index (χ1n) is 9.49. The highest BCUT2D eigenvalue weighted by atomic mass is 16.7. The van der Waals surface area contributed by atoms with Gasteiger partial charge in [0.25, 0.3) is 0 Å². The Labute approximate surface area is 169 Å². The number of rotatable bonds is 6. The van der Waals surface area contributed by atoms with Gasteiger partial charge in [-0.15, -0.1) is 0 Å². The summed E-state index contributed by atoms with van der Waals surface area (Å²) in [5.74, 6) is -0.0864. The monoisotopic (exact) mass is 387 g/mol. The molecule has 1 aliphatic rings. The van der Waals surface area contributed by atoms with Gasteiger partial charge < -0.3 is 14.8 Å². The van der Waals surface area contributed by atoms with E-state index in [0.29, 0.717) is 34.7 Å². The van der Waals surface area contributed by atoms with E-state index in [2.05, 4.69) is 5.32 Å². The molecule has 0 heterocycles. The van der Waals surface area contributed by atoms with Crippen molar-refractivity contribution in [3.05, 3.63) is 88.5 Å². The summed E-state index contributed by atoms with van der Waals surface area (Å²) < 4.78 is 10.9. The van der Waals surface area contributed by atoms with Crippen LogP contribution in [0.15, 0.2) is 60.7 Å². The highest BCUT2D eigenvalue weighted by Crippen LogP contribution is 2.38. The van der Waals surface area contributed by atoms with Crippen molar-refractivity contribution in [3.8, 4) is 5.75 Å². The van der Waals surface area contributed by atoms with Crippen LogP contribution < -0.4 is 10.1 Å². The van der Waals surface area contributed by atoms with Crippen molar-refractivity contribution in [1.82, 2.24) is 0 Å². The van der Waals surface area contributed by atoms with E-state index in [-0.39, 0.29) is 23.9 Å². The number of carbonyl (C=O) groups is 2. The third kappa shape index (κ3) is 3.52. The number of benzene rings is 3. The van der Waals surface area contributed by atoms with Gasteiger partial charge in [0.15, 0.2) is 18.4 Å². The van der Waals surface area contributed by atoms with Gasteiger partial charge in [0.05, 0.1) is 16.8 Å². The number of aryl methyl sites for hydroxylation is 1. The Morgan fingerprint density at radius 1 is 0.828 bits per heavy atom. The van der Waals surface area contributed by atoms with Crippen LogP contribution in [0, 0.1) is 6.92 Å². The third-order valence-corrected chi connectivity index (χ3v) is 4.87. The predicted molar refractivity (Wildman–Crippen MR) is 111 cm³/mol. The van der Waals surface area contributed by atoms with Crippen molar-refractivity contribution in [1.29, 1.82) is 0 Å². The summed E-state index contributed by atoms with van der Waals surface area (Å²) in [6, 6.07) is 18.2. The SMILES string of the molecule is CCOCOc1ccc(Nc2ccc(C)cc2)c2c1C(=O)c1ccccc1C2=O. The highest BCUT2D eigenvalue weighted by Gasteiger charge is 2.34. The molecule has 0 amide bonds. The molecule has 0 bridgehead atoms. The smallest absolute Gasteiger partial charge is 0.198 e. The minimum Gasteiger partial charge on any atom is -0.467 e. The summed E-state index contributed by atoms with van der Waals surface area (Å²) in [7, 11) is 0. The van der Waals surface area contributed by atoms with Crippen LogP contribution in [0.4, 0.5) is 11.4 Å². The molecule has 0 aliphatic heterocycles. The topological polar surface area (TPSA) is 64.6 Å². The van der Waals surface area contributed by atoms with E-state index in [1.807, 2.05) is 38.1 Å². The quantitative estimate of drug-likeness (QED) is 0.377. The largest absolute Gasteiger partial charge is 0.467 e. The van der Waals surface area contributed by atoms with Crippen LogP contribution in [0.25, 0.3) is 0 Å². The molecule has 0 aromatic heterocycles. The standard InChI is InChI=1S/C24H21NO4/c1-3-28-14-29-20-13-12-19(25-16-10-8-15(2)9-11-16)21-22(20)24(27)18-7-5-4-6-17(18)23(21)26/h4-13,25H,3,14H2,1-2H3. The Balaban J connectivity index is 1.83. The molecule has 4 rings (SSSR count). The lowest BCUT2D eigenvalue weighted by Gasteiger charge is -2.23. The van der Waals surface area contributed by atoms with Crippen LogP contribution >= 0.6 is 0 Å². The van der Waals surface area contributed by atoms with E-state index in [1.54, 1.807) is 36.4 Å². The number of anilines is 2. The molecule has 0 atom stereocenters. The van der Waals surface area contributed by atoms with E-state index in [1.165, 1.54) is 0 Å². The maximum atomic E-state index is 13.3.